The van der Waals surface area contributed by atoms with Gasteiger partial charge in [0.15, 0.2) is 0 Å². The number of aryl methyl sites for hydroxylation is 1. The van der Waals surface area contributed by atoms with Gasteiger partial charge in [-0.25, -0.2) is 4.39 Å². The van der Waals surface area contributed by atoms with Crippen molar-refractivity contribution in [1.29, 1.82) is 0 Å². The van der Waals surface area contributed by atoms with Crippen molar-refractivity contribution in [3.05, 3.63) is 35.1 Å². The van der Waals surface area contributed by atoms with E-state index in [1.165, 1.54) is 12.1 Å². The van der Waals surface area contributed by atoms with Gasteiger partial charge in [0.05, 0.1) is 6.54 Å². The minimum absolute atomic E-state index is 0.0299. The average Bonchev–Trinajstić information content (AvgIpc) is 2.31. The van der Waals surface area contributed by atoms with E-state index < -0.39 is 0 Å². The number of hydrogen-bond donors (Lipinski definition) is 2. The van der Waals surface area contributed by atoms with Crippen LogP contribution in [0.4, 0.5) is 4.39 Å². The molecule has 0 unspecified atom stereocenters. The molecule has 1 aromatic carbocycles. The first-order valence-corrected chi connectivity index (χ1v) is 6.21. The molecule has 1 aromatic rings. The Labute approximate surface area is 108 Å². The zero-order chi connectivity index (χ0) is 13.5. The standard InChI is InChI=1S/C14H21FN2O/c1-10(2)7-17-14(18)9-16-8-12-6-13(15)5-4-11(12)3/h4-6,10,16H,7-9H2,1-3H3,(H,17,18). The lowest BCUT2D eigenvalue weighted by Crippen LogP contribution is -2.35. The molecule has 1 rings (SSSR count). The van der Waals surface area contributed by atoms with Crippen LogP contribution in [0.15, 0.2) is 18.2 Å². The molecule has 0 bridgehead atoms. The monoisotopic (exact) mass is 252 g/mol. The summed E-state index contributed by atoms with van der Waals surface area (Å²) in [4.78, 5) is 11.4. The molecule has 0 aromatic heterocycles. The first-order valence-electron chi connectivity index (χ1n) is 6.21. The molecule has 18 heavy (non-hydrogen) atoms. The van der Waals surface area contributed by atoms with Gasteiger partial charge >= 0.3 is 0 Å². The van der Waals surface area contributed by atoms with Crippen LogP contribution in [-0.4, -0.2) is 19.0 Å². The van der Waals surface area contributed by atoms with E-state index in [1.54, 1.807) is 6.07 Å². The van der Waals surface area contributed by atoms with Crippen LogP contribution in [0, 0.1) is 18.7 Å². The third-order valence-corrected chi connectivity index (χ3v) is 2.62. The lowest BCUT2D eigenvalue weighted by Gasteiger charge is -2.10. The summed E-state index contributed by atoms with van der Waals surface area (Å²) >= 11 is 0. The highest BCUT2D eigenvalue weighted by Gasteiger charge is 2.03. The number of amides is 1. The molecule has 0 saturated carbocycles. The molecule has 0 heterocycles. The van der Waals surface area contributed by atoms with Crippen molar-refractivity contribution in [3.63, 3.8) is 0 Å². The number of halogens is 1. The van der Waals surface area contributed by atoms with Crippen LogP contribution in [0.2, 0.25) is 0 Å². The summed E-state index contributed by atoms with van der Waals surface area (Å²) in [6, 6.07) is 4.67. The van der Waals surface area contributed by atoms with Gasteiger partial charge in [-0.1, -0.05) is 19.9 Å². The van der Waals surface area contributed by atoms with Crippen LogP contribution >= 0.6 is 0 Å². The van der Waals surface area contributed by atoms with Gasteiger partial charge in [-0.15, -0.1) is 0 Å². The van der Waals surface area contributed by atoms with Crippen LogP contribution in [0.5, 0.6) is 0 Å². The lowest BCUT2D eigenvalue weighted by atomic mass is 10.1. The van der Waals surface area contributed by atoms with Crippen LogP contribution < -0.4 is 10.6 Å². The molecule has 3 nitrogen and oxygen atoms in total. The quantitative estimate of drug-likeness (QED) is 0.813. The molecular weight excluding hydrogens is 231 g/mol. The van der Waals surface area contributed by atoms with Crippen molar-refractivity contribution in [3.8, 4) is 0 Å². The summed E-state index contributed by atoms with van der Waals surface area (Å²) in [6.07, 6.45) is 0. The molecule has 4 heteroatoms. The summed E-state index contributed by atoms with van der Waals surface area (Å²) in [7, 11) is 0. The van der Waals surface area contributed by atoms with E-state index >= 15 is 0 Å². The summed E-state index contributed by atoms with van der Waals surface area (Å²) in [6.45, 7) is 7.45. The Morgan fingerprint density at radius 1 is 1.39 bits per heavy atom. The van der Waals surface area contributed by atoms with E-state index in [2.05, 4.69) is 10.6 Å². The van der Waals surface area contributed by atoms with Crippen LogP contribution in [0.1, 0.15) is 25.0 Å². The van der Waals surface area contributed by atoms with Gasteiger partial charge in [-0.3, -0.25) is 4.79 Å². The highest BCUT2D eigenvalue weighted by atomic mass is 19.1. The van der Waals surface area contributed by atoms with Crippen molar-refractivity contribution in [2.24, 2.45) is 5.92 Å². The summed E-state index contributed by atoms with van der Waals surface area (Å²) in [5.74, 6) is 0.166. The SMILES string of the molecule is Cc1ccc(F)cc1CNCC(=O)NCC(C)C. The second-order valence-corrected chi connectivity index (χ2v) is 4.87. The van der Waals surface area contributed by atoms with Gasteiger partial charge in [0, 0.05) is 13.1 Å². The predicted molar refractivity (Wildman–Crippen MR) is 70.7 cm³/mol. The molecule has 100 valence electrons. The Hall–Kier alpha value is -1.42. The molecule has 0 spiro atoms. The van der Waals surface area contributed by atoms with Gasteiger partial charge in [0.2, 0.25) is 5.91 Å². The fourth-order valence-electron chi connectivity index (χ4n) is 1.52. The molecule has 2 N–H and O–H groups in total. The maximum atomic E-state index is 13.0. The zero-order valence-corrected chi connectivity index (χ0v) is 11.2. The van der Waals surface area contributed by atoms with Gasteiger partial charge < -0.3 is 10.6 Å². The minimum Gasteiger partial charge on any atom is -0.355 e. The fourth-order valence-corrected chi connectivity index (χ4v) is 1.52. The first-order chi connectivity index (χ1) is 8.49. The molecule has 0 radical (unpaired) electrons. The lowest BCUT2D eigenvalue weighted by molar-refractivity contribution is -0.120. The highest BCUT2D eigenvalue weighted by molar-refractivity contribution is 5.77. The molecule has 0 saturated heterocycles. The molecule has 0 fully saturated rings. The third kappa shape index (κ3) is 5.27. The Morgan fingerprint density at radius 2 is 2.11 bits per heavy atom. The van der Waals surface area contributed by atoms with Gasteiger partial charge in [-0.2, -0.15) is 0 Å². The Kier molecular flexibility index (Phi) is 5.78. The number of hydrogen-bond acceptors (Lipinski definition) is 2. The van der Waals surface area contributed by atoms with E-state index in [0.717, 1.165) is 11.1 Å². The van der Waals surface area contributed by atoms with Crippen molar-refractivity contribution in [2.75, 3.05) is 13.1 Å². The maximum absolute atomic E-state index is 13.0. The van der Waals surface area contributed by atoms with Gasteiger partial charge in [0.25, 0.3) is 0 Å². The zero-order valence-electron chi connectivity index (χ0n) is 11.2. The maximum Gasteiger partial charge on any atom is 0.233 e. The van der Waals surface area contributed by atoms with E-state index in [1.807, 2.05) is 20.8 Å². The Morgan fingerprint density at radius 3 is 2.78 bits per heavy atom. The summed E-state index contributed by atoms with van der Waals surface area (Å²) < 4.78 is 13.0. The van der Waals surface area contributed by atoms with Crippen LogP contribution in [-0.2, 0) is 11.3 Å². The van der Waals surface area contributed by atoms with E-state index in [-0.39, 0.29) is 18.3 Å². The van der Waals surface area contributed by atoms with Crippen molar-refractivity contribution >= 4 is 5.91 Å². The number of rotatable bonds is 6. The second kappa shape index (κ2) is 7.11. The second-order valence-electron chi connectivity index (χ2n) is 4.87. The van der Waals surface area contributed by atoms with E-state index in [4.69, 9.17) is 0 Å². The molecular formula is C14H21FN2O. The Bertz CT molecular complexity index is 405. The third-order valence-electron chi connectivity index (χ3n) is 2.62. The Balaban J connectivity index is 2.33. The number of benzene rings is 1. The van der Waals surface area contributed by atoms with Gasteiger partial charge in [-0.05, 0) is 36.1 Å². The predicted octanol–water partition coefficient (Wildman–Crippen LogP) is 2.00. The van der Waals surface area contributed by atoms with Crippen LogP contribution in [0.25, 0.3) is 0 Å². The van der Waals surface area contributed by atoms with E-state index in [0.29, 0.717) is 19.0 Å². The molecule has 0 atom stereocenters. The molecule has 0 aliphatic heterocycles. The molecule has 0 aliphatic carbocycles. The normalized spacial score (nSPS) is 10.7. The summed E-state index contributed by atoms with van der Waals surface area (Å²) in [5, 5.41) is 5.83. The van der Waals surface area contributed by atoms with Crippen molar-refractivity contribution in [2.45, 2.75) is 27.3 Å². The molecule has 1 amide bonds. The topological polar surface area (TPSA) is 41.1 Å². The van der Waals surface area contributed by atoms with Crippen molar-refractivity contribution < 1.29 is 9.18 Å². The smallest absolute Gasteiger partial charge is 0.233 e. The highest BCUT2D eigenvalue weighted by Crippen LogP contribution is 2.09. The number of carbonyl (C=O) groups is 1. The van der Waals surface area contributed by atoms with Crippen LogP contribution in [0.3, 0.4) is 0 Å². The van der Waals surface area contributed by atoms with Crippen molar-refractivity contribution in [1.82, 2.24) is 10.6 Å². The fraction of sp³-hybridized carbons (Fsp3) is 0.500. The number of carbonyl (C=O) groups excluding carboxylic acids is 1. The molecule has 0 aliphatic rings. The van der Waals surface area contributed by atoms with Gasteiger partial charge in [0.1, 0.15) is 5.82 Å². The first kappa shape index (κ1) is 14.6. The van der Waals surface area contributed by atoms with E-state index in [9.17, 15) is 9.18 Å². The summed E-state index contributed by atoms with van der Waals surface area (Å²) in [5.41, 5.74) is 1.90. The largest absolute Gasteiger partial charge is 0.355 e. The minimum atomic E-state index is -0.248. The number of nitrogens with one attached hydrogen (secondary N) is 2. The average molecular weight is 252 g/mol.